The van der Waals surface area contributed by atoms with E-state index in [2.05, 4.69) is 30.5 Å². The largest absolute Gasteiger partial charge is 0.302 e. The van der Waals surface area contributed by atoms with Gasteiger partial charge in [0, 0.05) is 19.5 Å². The molecule has 1 aliphatic rings. The van der Waals surface area contributed by atoms with Crippen molar-refractivity contribution in [2.45, 2.75) is 26.2 Å². The first kappa shape index (κ1) is 10.9. The fourth-order valence-electron chi connectivity index (χ4n) is 1.57. The maximum absolute atomic E-state index is 8.49. The van der Waals surface area contributed by atoms with E-state index in [-0.39, 0.29) is 0 Å². The predicted molar refractivity (Wildman–Crippen MR) is 57.9 cm³/mol. The molecule has 1 rings (SSSR count). The van der Waals surface area contributed by atoms with Gasteiger partial charge >= 0.3 is 0 Å². The Labute approximate surface area is 86.3 Å². The Morgan fingerprint density at radius 1 is 1.54 bits per heavy atom. The Hall–Kier alpha value is -0.200. The SMILES string of the molecule is CCN(CCC#N)CC1(CS)CC1. The monoisotopic (exact) mass is 198 g/mol. The van der Waals surface area contributed by atoms with Crippen molar-refractivity contribution in [1.29, 1.82) is 5.26 Å². The second-order valence-corrected chi connectivity index (χ2v) is 4.25. The molecule has 0 saturated heterocycles. The molecule has 1 fully saturated rings. The molecule has 1 saturated carbocycles. The quantitative estimate of drug-likeness (QED) is 0.660. The van der Waals surface area contributed by atoms with Crippen molar-refractivity contribution in [3.05, 3.63) is 0 Å². The maximum atomic E-state index is 8.49. The highest BCUT2D eigenvalue weighted by Gasteiger charge is 2.41. The molecule has 0 radical (unpaired) electrons. The van der Waals surface area contributed by atoms with Gasteiger partial charge in [0.15, 0.2) is 0 Å². The lowest BCUT2D eigenvalue weighted by molar-refractivity contribution is 0.246. The minimum Gasteiger partial charge on any atom is -0.302 e. The van der Waals surface area contributed by atoms with Gasteiger partial charge in [0.2, 0.25) is 0 Å². The Bertz CT molecular complexity index is 194. The van der Waals surface area contributed by atoms with Gasteiger partial charge in [-0.1, -0.05) is 6.92 Å². The van der Waals surface area contributed by atoms with Crippen LogP contribution in [-0.4, -0.2) is 30.3 Å². The Morgan fingerprint density at radius 3 is 2.62 bits per heavy atom. The second-order valence-electron chi connectivity index (χ2n) is 3.93. The van der Waals surface area contributed by atoms with Crippen molar-refractivity contribution < 1.29 is 0 Å². The fraction of sp³-hybridized carbons (Fsp3) is 0.900. The van der Waals surface area contributed by atoms with Crippen LogP contribution in [0.2, 0.25) is 0 Å². The second kappa shape index (κ2) is 4.88. The van der Waals surface area contributed by atoms with Gasteiger partial charge in [-0.3, -0.25) is 0 Å². The first-order chi connectivity index (χ1) is 6.26. The summed E-state index contributed by atoms with van der Waals surface area (Å²) in [6.07, 6.45) is 3.29. The van der Waals surface area contributed by atoms with Crippen molar-refractivity contribution in [3.8, 4) is 6.07 Å². The van der Waals surface area contributed by atoms with Gasteiger partial charge in [-0.2, -0.15) is 17.9 Å². The average molecular weight is 198 g/mol. The van der Waals surface area contributed by atoms with Crippen LogP contribution in [0, 0.1) is 16.7 Å². The molecule has 0 unspecified atom stereocenters. The number of hydrogen-bond donors (Lipinski definition) is 1. The molecule has 0 amide bonds. The number of thiol groups is 1. The van der Waals surface area contributed by atoms with E-state index in [0.717, 1.165) is 25.4 Å². The summed E-state index contributed by atoms with van der Waals surface area (Å²) in [5.74, 6) is 0.996. The number of nitrogens with zero attached hydrogens (tertiary/aromatic N) is 2. The first-order valence-electron chi connectivity index (χ1n) is 4.96. The summed E-state index contributed by atoms with van der Waals surface area (Å²) in [4.78, 5) is 2.37. The van der Waals surface area contributed by atoms with E-state index in [0.29, 0.717) is 11.8 Å². The normalized spacial score (nSPS) is 18.6. The molecule has 3 heteroatoms. The van der Waals surface area contributed by atoms with E-state index >= 15 is 0 Å². The lowest BCUT2D eigenvalue weighted by atomic mass is 10.1. The summed E-state index contributed by atoms with van der Waals surface area (Å²) in [5.41, 5.74) is 0.495. The Balaban J connectivity index is 2.27. The van der Waals surface area contributed by atoms with Crippen molar-refractivity contribution in [3.63, 3.8) is 0 Å². The molecule has 0 atom stereocenters. The Morgan fingerprint density at radius 2 is 2.23 bits per heavy atom. The molecule has 13 heavy (non-hydrogen) atoms. The summed E-state index contributed by atoms with van der Waals surface area (Å²) in [6.45, 7) is 5.26. The van der Waals surface area contributed by atoms with Gasteiger partial charge in [-0.05, 0) is 30.6 Å². The highest BCUT2D eigenvalue weighted by Crippen LogP contribution is 2.46. The van der Waals surface area contributed by atoms with E-state index in [4.69, 9.17) is 5.26 Å². The van der Waals surface area contributed by atoms with Crippen LogP contribution in [0.5, 0.6) is 0 Å². The molecule has 74 valence electrons. The molecule has 0 aromatic heterocycles. The molecular weight excluding hydrogens is 180 g/mol. The third-order valence-electron chi connectivity index (χ3n) is 2.84. The smallest absolute Gasteiger partial charge is 0.0635 e. The van der Waals surface area contributed by atoms with Gasteiger partial charge in [0.1, 0.15) is 0 Å². The highest BCUT2D eigenvalue weighted by atomic mass is 32.1. The zero-order valence-electron chi connectivity index (χ0n) is 8.29. The van der Waals surface area contributed by atoms with Crippen molar-refractivity contribution in [1.82, 2.24) is 4.90 Å². The van der Waals surface area contributed by atoms with Crippen LogP contribution in [0.4, 0.5) is 0 Å². The van der Waals surface area contributed by atoms with Gasteiger partial charge in [-0.25, -0.2) is 0 Å². The van der Waals surface area contributed by atoms with Crippen LogP contribution in [0.1, 0.15) is 26.2 Å². The molecule has 0 N–H and O–H groups in total. The van der Waals surface area contributed by atoms with E-state index in [1.165, 1.54) is 12.8 Å². The van der Waals surface area contributed by atoms with E-state index in [9.17, 15) is 0 Å². The van der Waals surface area contributed by atoms with E-state index < -0.39 is 0 Å². The van der Waals surface area contributed by atoms with Gasteiger partial charge in [0.05, 0.1) is 6.07 Å². The van der Waals surface area contributed by atoms with Crippen LogP contribution < -0.4 is 0 Å². The van der Waals surface area contributed by atoms with Crippen LogP contribution in [0.25, 0.3) is 0 Å². The summed E-state index contributed by atoms with van der Waals surface area (Å²) >= 11 is 4.38. The summed E-state index contributed by atoms with van der Waals surface area (Å²) < 4.78 is 0. The van der Waals surface area contributed by atoms with Crippen molar-refractivity contribution in [2.24, 2.45) is 5.41 Å². The predicted octanol–water partition coefficient (Wildman–Crippen LogP) is 1.93. The van der Waals surface area contributed by atoms with Crippen LogP contribution in [0.15, 0.2) is 0 Å². The van der Waals surface area contributed by atoms with E-state index in [1.807, 2.05) is 0 Å². The van der Waals surface area contributed by atoms with Crippen LogP contribution in [0.3, 0.4) is 0 Å². The van der Waals surface area contributed by atoms with Gasteiger partial charge in [0.25, 0.3) is 0 Å². The molecule has 0 heterocycles. The summed E-state index contributed by atoms with van der Waals surface area (Å²) in [7, 11) is 0. The van der Waals surface area contributed by atoms with Crippen LogP contribution >= 0.6 is 12.6 Å². The standard InChI is InChI=1S/C10H18N2S/c1-2-12(7-3-6-11)8-10(9-13)4-5-10/h13H,2-5,7-9H2,1H3. The van der Waals surface area contributed by atoms with Crippen molar-refractivity contribution >= 4 is 12.6 Å². The Kier molecular flexibility index (Phi) is 4.08. The lowest BCUT2D eigenvalue weighted by Crippen LogP contribution is -2.32. The summed E-state index contributed by atoms with van der Waals surface area (Å²) in [6, 6.07) is 2.20. The van der Waals surface area contributed by atoms with Gasteiger partial charge in [-0.15, -0.1) is 0 Å². The number of nitriles is 1. The van der Waals surface area contributed by atoms with Gasteiger partial charge < -0.3 is 4.90 Å². The average Bonchev–Trinajstić information content (AvgIpc) is 2.93. The molecule has 0 spiro atoms. The molecule has 2 nitrogen and oxygen atoms in total. The third-order valence-corrected chi connectivity index (χ3v) is 3.51. The lowest BCUT2D eigenvalue weighted by Gasteiger charge is -2.24. The molecule has 1 aliphatic carbocycles. The summed E-state index contributed by atoms with van der Waals surface area (Å²) in [5, 5.41) is 8.49. The third kappa shape index (κ3) is 3.21. The van der Waals surface area contributed by atoms with Crippen LogP contribution in [-0.2, 0) is 0 Å². The first-order valence-corrected chi connectivity index (χ1v) is 5.60. The van der Waals surface area contributed by atoms with E-state index in [1.54, 1.807) is 0 Å². The number of rotatable bonds is 6. The minimum absolute atomic E-state index is 0.495. The molecule has 0 aromatic carbocycles. The zero-order chi connectivity index (χ0) is 9.73. The molecule has 0 aromatic rings. The highest BCUT2D eigenvalue weighted by molar-refractivity contribution is 7.80. The zero-order valence-corrected chi connectivity index (χ0v) is 9.19. The van der Waals surface area contributed by atoms with Crippen molar-refractivity contribution in [2.75, 3.05) is 25.4 Å². The molecular formula is C10H18N2S. The maximum Gasteiger partial charge on any atom is 0.0635 e. The topological polar surface area (TPSA) is 27.0 Å². The fourth-order valence-corrected chi connectivity index (χ4v) is 1.99. The molecule has 0 aliphatic heterocycles. The number of hydrogen-bond acceptors (Lipinski definition) is 3. The minimum atomic E-state index is 0.495. The molecule has 0 bridgehead atoms.